The largest absolute Gasteiger partial charge is 0.386 e. The van der Waals surface area contributed by atoms with E-state index < -0.39 is 0 Å². The summed E-state index contributed by atoms with van der Waals surface area (Å²) >= 11 is 6.45. The Kier molecular flexibility index (Phi) is 5.85. The molecular weight excluding hydrogens is 310 g/mol. The third-order valence-electron chi connectivity index (χ3n) is 4.20. The second-order valence-electron chi connectivity index (χ2n) is 5.76. The highest BCUT2D eigenvalue weighted by atomic mass is 35.5. The van der Waals surface area contributed by atoms with Gasteiger partial charge in [0.2, 0.25) is 0 Å². The van der Waals surface area contributed by atoms with Gasteiger partial charge in [0.25, 0.3) is 0 Å². The first-order chi connectivity index (χ1) is 11.0. The third-order valence-corrected chi connectivity index (χ3v) is 4.54. The number of nitrogens with two attached hydrogens (primary N) is 1. The van der Waals surface area contributed by atoms with E-state index in [1.165, 1.54) is 11.1 Å². The molecule has 2 rings (SSSR count). The van der Waals surface area contributed by atoms with Crippen molar-refractivity contribution in [1.82, 2.24) is 5.32 Å². The van der Waals surface area contributed by atoms with Crippen LogP contribution in [0.2, 0.25) is 5.02 Å². The van der Waals surface area contributed by atoms with Crippen molar-refractivity contribution in [3.63, 3.8) is 0 Å². The van der Waals surface area contributed by atoms with Crippen molar-refractivity contribution in [3.8, 4) is 0 Å². The second-order valence-corrected chi connectivity index (χ2v) is 6.17. The van der Waals surface area contributed by atoms with Gasteiger partial charge in [-0.15, -0.1) is 0 Å². The molecule has 1 aliphatic rings. The minimum atomic E-state index is 0.0329. The number of benzene rings is 1. The SMILES string of the molecule is CCC1=C(COCC(=N)N)NC(C)=C(C)C1c1ccccc1Cl. The number of dihydropyridines is 1. The molecule has 1 atom stereocenters. The Hall–Kier alpha value is -1.78. The Morgan fingerprint density at radius 2 is 2.04 bits per heavy atom. The molecule has 0 saturated carbocycles. The van der Waals surface area contributed by atoms with Crippen LogP contribution in [0.3, 0.4) is 0 Å². The van der Waals surface area contributed by atoms with Crippen molar-refractivity contribution in [1.29, 1.82) is 5.41 Å². The average Bonchev–Trinajstić information content (AvgIpc) is 2.51. The first kappa shape index (κ1) is 17.6. The first-order valence-electron chi connectivity index (χ1n) is 7.77. The fourth-order valence-electron chi connectivity index (χ4n) is 3.00. The minimum Gasteiger partial charge on any atom is -0.386 e. The van der Waals surface area contributed by atoms with Gasteiger partial charge in [-0.3, -0.25) is 5.41 Å². The molecule has 1 aromatic carbocycles. The van der Waals surface area contributed by atoms with E-state index in [-0.39, 0.29) is 18.4 Å². The summed E-state index contributed by atoms with van der Waals surface area (Å²) in [6.07, 6.45) is 0.895. The van der Waals surface area contributed by atoms with Crippen molar-refractivity contribution in [3.05, 3.63) is 57.4 Å². The summed E-state index contributed by atoms with van der Waals surface area (Å²) in [4.78, 5) is 0. The van der Waals surface area contributed by atoms with Gasteiger partial charge >= 0.3 is 0 Å². The summed E-state index contributed by atoms with van der Waals surface area (Å²) < 4.78 is 5.54. The molecule has 23 heavy (non-hydrogen) atoms. The molecule has 0 radical (unpaired) electrons. The van der Waals surface area contributed by atoms with Crippen molar-refractivity contribution in [2.24, 2.45) is 5.73 Å². The normalized spacial score (nSPS) is 18.2. The molecule has 1 unspecified atom stereocenters. The van der Waals surface area contributed by atoms with Gasteiger partial charge in [0.15, 0.2) is 0 Å². The molecular formula is C18H24ClN3O. The van der Waals surface area contributed by atoms with Gasteiger partial charge < -0.3 is 15.8 Å². The number of hydrogen-bond acceptors (Lipinski definition) is 3. The molecule has 0 aliphatic carbocycles. The van der Waals surface area contributed by atoms with E-state index in [2.05, 4.69) is 32.2 Å². The average molecular weight is 334 g/mol. The quantitative estimate of drug-likeness (QED) is 0.545. The lowest BCUT2D eigenvalue weighted by Crippen LogP contribution is -2.28. The summed E-state index contributed by atoms with van der Waals surface area (Å²) in [5.74, 6) is 0.191. The number of hydrogen-bond donors (Lipinski definition) is 3. The van der Waals surface area contributed by atoms with Gasteiger partial charge in [-0.25, -0.2) is 0 Å². The molecule has 4 nitrogen and oxygen atoms in total. The highest BCUT2D eigenvalue weighted by molar-refractivity contribution is 6.31. The van der Waals surface area contributed by atoms with Crippen LogP contribution in [-0.2, 0) is 4.74 Å². The summed E-state index contributed by atoms with van der Waals surface area (Å²) in [5, 5.41) is 11.5. The molecule has 5 heteroatoms. The topological polar surface area (TPSA) is 71.1 Å². The van der Waals surface area contributed by atoms with E-state index in [4.69, 9.17) is 27.5 Å². The van der Waals surface area contributed by atoms with Crippen LogP contribution < -0.4 is 11.1 Å². The van der Waals surface area contributed by atoms with Crippen LogP contribution in [0.1, 0.15) is 38.7 Å². The summed E-state index contributed by atoms with van der Waals surface area (Å²) in [7, 11) is 0. The standard InChI is InChI=1S/C18H24ClN3O/c1-4-13-16(9-23-10-17(20)21)22-12(3)11(2)18(13)14-7-5-6-8-15(14)19/h5-8,18,22H,4,9-10H2,1-3H3,(H3,20,21). The second kappa shape index (κ2) is 7.66. The van der Waals surface area contributed by atoms with Gasteiger partial charge in [0.1, 0.15) is 12.4 Å². The zero-order valence-electron chi connectivity index (χ0n) is 13.9. The molecule has 0 saturated heterocycles. The van der Waals surface area contributed by atoms with Crippen LogP contribution >= 0.6 is 11.6 Å². The van der Waals surface area contributed by atoms with E-state index in [1.807, 2.05) is 18.2 Å². The van der Waals surface area contributed by atoms with Gasteiger partial charge in [0.05, 0.1) is 6.61 Å². The van der Waals surface area contributed by atoms with Crippen molar-refractivity contribution >= 4 is 17.4 Å². The van der Waals surface area contributed by atoms with E-state index in [0.29, 0.717) is 6.61 Å². The Labute approximate surface area is 142 Å². The van der Waals surface area contributed by atoms with Gasteiger partial charge in [-0.05, 0) is 43.0 Å². The Morgan fingerprint density at radius 3 is 2.65 bits per heavy atom. The highest BCUT2D eigenvalue weighted by Gasteiger charge is 2.28. The van der Waals surface area contributed by atoms with Crippen molar-refractivity contribution < 1.29 is 4.74 Å². The fraction of sp³-hybridized carbons (Fsp3) is 0.389. The first-order valence-corrected chi connectivity index (χ1v) is 8.14. The van der Waals surface area contributed by atoms with Crippen LogP contribution in [0.4, 0.5) is 0 Å². The molecule has 1 heterocycles. The summed E-state index contributed by atoms with van der Waals surface area (Å²) in [5.41, 5.74) is 11.2. The molecule has 0 fully saturated rings. The Morgan fingerprint density at radius 1 is 1.35 bits per heavy atom. The number of halogens is 1. The third kappa shape index (κ3) is 3.95. The van der Waals surface area contributed by atoms with E-state index in [1.54, 1.807) is 0 Å². The van der Waals surface area contributed by atoms with Crippen LogP contribution in [0, 0.1) is 5.41 Å². The molecule has 4 N–H and O–H groups in total. The van der Waals surface area contributed by atoms with Gasteiger partial charge in [-0.2, -0.15) is 0 Å². The predicted molar refractivity (Wildman–Crippen MR) is 95.8 cm³/mol. The lowest BCUT2D eigenvalue weighted by atomic mass is 9.80. The maximum absolute atomic E-state index is 7.27. The highest BCUT2D eigenvalue weighted by Crippen LogP contribution is 2.41. The van der Waals surface area contributed by atoms with Crippen LogP contribution in [0.5, 0.6) is 0 Å². The number of ether oxygens (including phenoxy) is 1. The van der Waals surface area contributed by atoms with Crippen LogP contribution in [0.25, 0.3) is 0 Å². The Bertz CT molecular complexity index is 664. The lowest BCUT2D eigenvalue weighted by Gasteiger charge is -2.32. The molecule has 0 spiro atoms. The molecule has 124 valence electrons. The van der Waals surface area contributed by atoms with Crippen molar-refractivity contribution in [2.75, 3.05) is 13.2 Å². The monoisotopic (exact) mass is 333 g/mol. The van der Waals surface area contributed by atoms with E-state index in [9.17, 15) is 0 Å². The summed E-state index contributed by atoms with van der Waals surface area (Å²) in [6, 6.07) is 7.98. The number of amidine groups is 1. The van der Waals surface area contributed by atoms with Crippen LogP contribution in [-0.4, -0.2) is 19.0 Å². The summed E-state index contributed by atoms with van der Waals surface area (Å²) in [6.45, 7) is 6.89. The van der Waals surface area contributed by atoms with Gasteiger partial charge in [0, 0.05) is 22.3 Å². The molecule has 0 bridgehead atoms. The van der Waals surface area contributed by atoms with E-state index in [0.717, 1.165) is 28.4 Å². The molecule has 1 aliphatic heterocycles. The molecule has 1 aromatic rings. The number of nitrogens with one attached hydrogen (secondary N) is 2. The number of rotatable bonds is 6. The van der Waals surface area contributed by atoms with Crippen LogP contribution in [0.15, 0.2) is 46.8 Å². The Balaban J connectivity index is 2.39. The molecule has 0 aromatic heterocycles. The minimum absolute atomic E-state index is 0.0329. The maximum Gasteiger partial charge on any atom is 0.117 e. The molecule has 0 amide bonds. The lowest BCUT2D eigenvalue weighted by molar-refractivity contribution is 0.190. The van der Waals surface area contributed by atoms with E-state index >= 15 is 0 Å². The zero-order valence-corrected chi connectivity index (χ0v) is 14.6. The fourth-order valence-corrected chi connectivity index (χ4v) is 3.24. The number of allylic oxidation sites excluding steroid dienone is 3. The zero-order chi connectivity index (χ0) is 17.0. The van der Waals surface area contributed by atoms with Gasteiger partial charge in [-0.1, -0.05) is 36.7 Å². The maximum atomic E-state index is 7.27. The predicted octanol–water partition coefficient (Wildman–Crippen LogP) is 3.94. The smallest absolute Gasteiger partial charge is 0.117 e. The van der Waals surface area contributed by atoms with Crippen molar-refractivity contribution in [2.45, 2.75) is 33.1 Å².